The Kier molecular flexibility index (Phi) is 5.43. The lowest BCUT2D eigenvalue weighted by Crippen LogP contribution is -2.46. The van der Waals surface area contributed by atoms with E-state index in [0.29, 0.717) is 17.3 Å². The van der Waals surface area contributed by atoms with Gasteiger partial charge in [0.2, 0.25) is 11.8 Å². The molecule has 0 aliphatic heterocycles. The Morgan fingerprint density at radius 1 is 1.08 bits per heavy atom. The maximum Gasteiger partial charge on any atom is 0.239 e. The molecule has 132 valence electrons. The van der Waals surface area contributed by atoms with Gasteiger partial charge in [-0.3, -0.25) is 9.59 Å². The number of nitrogens with one attached hydrogen (secondary N) is 2. The van der Waals surface area contributed by atoms with E-state index in [1.165, 1.54) is 0 Å². The molecule has 0 bridgehead atoms. The summed E-state index contributed by atoms with van der Waals surface area (Å²) >= 11 is 5.96. The number of amides is 2. The molecular weight excluding hydrogens is 340 g/mol. The van der Waals surface area contributed by atoms with Crippen LogP contribution < -0.4 is 10.6 Å². The molecule has 0 atom stereocenters. The van der Waals surface area contributed by atoms with Crippen LogP contribution >= 0.6 is 11.6 Å². The minimum atomic E-state index is -0.564. The van der Waals surface area contributed by atoms with Gasteiger partial charge in [0.25, 0.3) is 0 Å². The lowest BCUT2D eigenvalue weighted by atomic mass is 9.78. The Morgan fingerprint density at radius 2 is 1.80 bits per heavy atom. The minimum absolute atomic E-state index is 0.0467. The van der Waals surface area contributed by atoms with E-state index in [2.05, 4.69) is 10.6 Å². The molecule has 2 N–H and O–H groups in total. The van der Waals surface area contributed by atoms with Crippen molar-refractivity contribution in [3.63, 3.8) is 0 Å². The highest BCUT2D eigenvalue weighted by atomic mass is 35.5. The zero-order valence-electron chi connectivity index (χ0n) is 13.9. The summed E-state index contributed by atoms with van der Waals surface area (Å²) in [6.45, 7) is 0.263. The lowest BCUT2D eigenvalue weighted by molar-refractivity contribution is -0.129. The van der Waals surface area contributed by atoms with E-state index in [1.807, 2.05) is 12.1 Å². The van der Waals surface area contributed by atoms with Crippen molar-refractivity contribution in [3.8, 4) is 0 Å². The van der Waals surface area contributed by atoms with E-state index in [-0.39, 0.29) is 18.4 Å². The number of furan rings is 1. The molecule has 1 aliphatic rings. The first-order valence-electron chi connectivity index (χ1n) is 8.44. The van der Waals surface area contributed by atoms with Crippen LogP contribution in [0.15, 0.2) is 47.1 Å². The van der Waals surface area contributed by atoms with Crippen molar-refractivity contribution >= 4 is 23.4 Å². The molecule has 1 saturated carbocycles. The van der Waals surface area contributed by atoms with Crippen LogP contribution in [0.4, 0.5) is 0 Å². The second-order valence-electron chi connectivity index (χ2n) is 6.33. The predicted molar refractivity (Wildman–Crippen MR) is 95.2 cm³/mol. The third-order valence-electron chi connectivity index (χ3n) is 4.74. The van der Waals surface area contributed by atoms with Gasteiger partial charge < -0.3 is 15.1 Å². The van der Waals surface area contributed by atoms with Gasteiger partial charge in [-0.2, -0.15) is 0 Å². The van der Waals surface area contributed by atoms with Crippen LogP contribution in [0.5, 0.6) is 0 Å². The van der Waals surface area contributed by atoms with E-state index in [9.17, 15) is 9.59 Å². The number of carbonyl (C=O) groups excluding carboxylic acids is 2. The third-order valence-corrected chi connectivity index (χ3v) is 4.99. The number of hydrogen-bond donors (Lipinski definition) is 2. The Hall–Kier alpha value is -2.27. The SMILES string of the molecule is O=C(CNC(=O)C1(c2ccc(Cl)cc2)CCCC1)NCc1ccco1. The van der Waals surface area contributed by atoms with Crippen molar-refractivity contribution in [1.82, 2.24) is 10.6 Å². The van der Waals surface area contributed by atoms with Gasteiger partial charge in [-0.1, -0.05) is 36.6 Å². The van der Waals surface area contributed by atoms with Crippen LogP contribution in [0.1, 0.15) is 37.0 Å². The van der Waals surface area contributed by atoms with Crippen LogP contribution in [0.2, 0.25) is 5.02 Å². The van der Waals surface area contributed by atoms with Crippen molar-refractivity contribution in [1.29, 1.82) is 0 Å². The maximum atomic E-state index is 12.8. The zero-order valence-corrected chi connectivity index (χ0v) is 14.6. The predicted octanol–water partition coefficient (Wildman–Crippen LogP) is 3.18. The topological polar surface area (TPSA) is 71.3 Å². The second-order valence-corrected chi connectivity index (χ2v) is 6.77. The van der Waals surface area contributed by atoms with Crippen molar-refractivity contribution in [2.45, 2.75) is 37.6 Å². The summed E-state index contributed by atoms with van der Waals surface area (Å²) in [5.41, 5.74) is 0.397. The summed E-state index contributed by atoms with van der Waals surface area (Å²) in [5, 5.41) is 6.17. The molecule has 0 unspecified atom stereocenters. The van der Waals surface area contributed by atoms with Gasteiger partial charge in [0.1, 0.15) is 5.76 Å². The fourth-order valence-corrected chi connectivity index (χ4v) is 3.51. The normalized spacial score (nSPS) is 15.7. The number of carbonyl (C=O) groups is 2. The van der Waals surface area contributed by atoms with Crippen LogP contribution in [0.3, 0.4) is 0 Å². The van der Waals surface area contributed by atoms with Gasteiger partial charge in [0, 0.05) is 5.02 Å². The summed E-state index contributed by atoms with van der Waals surface area (Å²) in [4.78, 5) is 24.8. The highest BCUT2D eigenvalue weighted by molar-refractivity contribution is 6.30. The summed E-state index contributed by atoms with van der Waals surface area (Å²) < 4.78 is 5.16. The molecule has 1 aromatic carbocycles. The van der Waals surface area contributed by atoms with E-state index < -0.39 is 5.41 Å². The van der Waals surface area contributed by atoms with Crippen LogP contribution in [-0.4, -0.2) is 18.4 Å². The van der Waals surface area contributed by atoms with Gasteiger partial charge in [0.05, 0.1) is 24.8 Å². The van der Waals surface area contributed by atoms with Gasteiger partial charge in [0.15, 0.2) is 0 Å². The largest absolute Gasteiger partial charge is 0.467 e. The molecule has 2 aromatic rings. The Labute approximate surface area is 151 Å². The summed E-state index contributed by atoms with van der Waals surface area (Å²) in [5.74, 6) is 0.336. The molecule has 2 amide bonds. The van der Waals surface area contributed by atoms with Gasteiger partial charge in [-0.15, -0.1) is 0 Å². The summed E-state index contributed by atoms with van der Waals surface area (Å²) in [7, 11) is 0. The Bertz CT molecular complexity index is 720. The molecule has 1 fully saturated rings. The fourth-order valence-electron chi connectivity index (χ4n) is 3.39. The second kappa shape index (κ2) is 7.74. The lowest BCUT2D eigenvalue weighted by Gasteiger charge is -2.28. The van der Waals surface area contributed by atoms with E-state index in [0.717, 1.165) is 31.2 Å². The van der Waals surface area contributed by atoms with Crippen molar-refractivity contribution < 1.29 is 14.0 Å². The highest BCUT2D eigenvalue weighted by Gasteiger charge is 2.42. The molecule has 0 spiro atoms. The molecule has 25 heavy (non-hydrogen) atoms. The van der Waals surface area contributed by atoms with E-state index >= 15 is 0 Å². The molecule has 3 rings (SSSR count). The number of rotatable bonds is 6. The monoisotopic (exact) mass is 360 g/mol. The quantitative estimate of drug-likeness (QED) is 0.831. The fraction of sp³-hybridized carbons (Fsp3) is 0.368. The molecule has 1 heterocycles. The number of benzene rings is 1. The molecule has 1 aromatic heterocycles. The highest BCUT2D eigenvalue weighted by Crippen LogP contribution is 2.41. The Balaban J connectivity index is 1.59. The Morgan fingerprint density at radius 3 is 2.44 bits per heavy atom. The standard InChI is InChI=1S/C19H21ClN2O3/c20-15-7-5-14(6-8-15)19(9-1-2-10-19)18(24)22-13-17(23)21-12-16-4-3-11-25-16/h3-8,11H,1-2,9-10,12-13H2,(H,21,23)(H,22,24). The molecule has 0 saturated heterocycles. The molecular formula is C19H21ClN2O3. The molecule has 5 nitrogen and oxygen atoms in total. The number of halogens is 1. The first-order valence-corrected chi connectivity index (χ1v) is 8.81. The van der Waals surface area contributed by atoms with E-state index in [4.69, 9.17) is 16.0 Å². The molecule has 6 heteroatoms. The summed E-state index contributed by atoms with van der Waals surface area (Å²) in [6.07, 6.45) is 5.13. The van der Waals surface area contributed by atoms with Crippen molar-refractivity contribution in [2.75, 3.05) is 6.54 Å². The maximum absolute atomic E-state index is 12.8. The van der Waals surface area contributed by atoms with Crippen LogP contribution in [0.25, 0.3) is 0 Å². The van der Waals surface area contributed by atoms with Gasteiger partial charge in [-0.25, -0.2) is 0 Å². The number of hydrogen-bond acceptors (Lipinski definition) is 3. The van der Waals surface area contributed by atoms with Crippen LogP contribution in [-0.2, 0) is 21.5 Å². The van der Waals surface area contributed by atoms with Crippen molar-refractivity contribution in [3.05, 3.63) is 59.0 Å². The van der Waals surface area contributed by atoms with Crippen LogP contribution in [0, 0.1) is 0 Å². The van der Waals surface area contributed by atoms with Gasteiger partial charge >= 0.3 is 0 Å². The molecule has 1 aliphatic carbocycles. The smallest absolute Gasteiger partial charge is 0.239 e. The average molecular weight is 361 g/mol. The zero-order chi connectivity index (χ0) is 17.7. The minimum Gasteiger partial charge on any atom is -0.467 e. The van der Waals surface area contributed by atoms with Gasteiger partial charge in [-0.05, 0) is 42.7 Å². The average Bonchev–Trinajstić information content (AvgIpc) is 3.30. The first kappa shape index (κ1) is 17.5. The van der Waals surface area contributed by atoms with E-state index in [1.54, 1.807) is 30.5 Å². The third kappa shape index (κ3) is 4.04. The summed E-state index contributed by atoms with van der Waals surface area (Å²) in [6, 6.07) is 11.0. The first-order chi connectivity index (χ1) is 12.1. The van der Waals surface area contributed by atoms with Crippen molar-refractivity contribution in [2.24, 2.45) is 0 Å². The molecule has 0 radical (unpaired) electrons.